The Kier molecular flexibility index (Phi) is 4.38. The van der Waals surface area contributed by atoms with Crippen molar-refractivity contribution in [3.05, 3.63) is 22.4 Å². The van der Waals surface area contributed by atoms with E-state index in [1.807, 2.05) is 21.7 Å². The van der Waals surface area contributed by atoms with Crippen LogP contribution in [0.15, 0.2) is 16.8 Å². The normalized spacial score (nSPS) is 27.4. The number of hydrogen-bond donors (Lipinski definition) is 1. The summed E-state index contributed by atoms with van der Waals surface area (Å²) in [6.07, 6.45) is 2.57. The zero-order valence-corrected chi connectivity index (χ0v) is 12.5. The van der Waals surface area contributed by atoms with Crippen molar-refractivity contribution in [2.75, 3.05) is 39.3 Å². The molecule has 20 heavy (non-hydrogen) atoms. The SMILES string of the molecule is O=C(c1ccsc1)N1C[C@@H](CO)[C@@H](CN2CCCC2)C1. The zero-order chi connectivity index (χ0) is 13.9. The van der Waals surface area contributed by atoms with E-state index in [0.29, 0.717) is 12.5 Å². The number of amides is 1. The number of nitrogens with zero attached hydrogens (tertiary/aromatic N) is 2. The average Bonchev–Trinajstić information content (AvgIpc) is 3.20. The first-order valence-electron chi connectivity index (χ1n) is 7.42. The van der Waals surface area contributed by atoms with E-state index < -0.39 is 0 Å². The van der Waals surface area contributed by atoms with Crippen molar-refractivity contribution >= 4 is 17.2 Å². The van der Waals surface area contributed by atoms with Gasteiger partial charge in [0.25, 0.3) is 5.91 Å². The van der Waals surface area contributed by atoms with Crippen LogP contribution in [0.3, 0.4) is 0 Å². The number of likely N-dealkylation sites (tertiary alicyclic amines) is 2. The van der Waals surface area contributed by atoms with E-state index in [0.717, 1.165) is 18.7 Å². The van der Waals surface area contributed by atoms with E-state index in [1.165, 1.54) is 25.9 Å². The molecule has 1 aromatic heterocycles. The molecular weight excluding hydrogens is 272 g/mol. The van der Waals surface area contributed by atoms with Gasteiger partial charge in [-0.2, -0.15) is 11.3 Å². The second-order valence-electron chi connectivity index (χ2n) is 5.93. The minimum atomic E-state index is 0.119. The van der Waals surface area contributed by atoms with Gasteiger partial charge in [0.05, 0.1) is 5.56 Å². The maximum Gasteiger partial charge on any atom is 0.254 e. The molecule has 1 amide bonds. The van der Waals surface area contributed by atoms with Crippen LogP contribution in [0, 0.1) is 11.8 Å². The molecule has 0 saturated carbocycles. The van der Waals surface area contributed by atoms with Gasteiger partial charge in [0, 0.05) is 37.5 Å². The second kappa shape index (κ2) is 6.24. The lowest BCUT2D eigenvalue weighted by Crippen LogP contribution is -2.32. The molecule has 3 heterocycles. The molecule has 2 saturated heterocycles. The van der Waals surface area contributed by atoms with Crippen LogP contribution in [-0.2, 0) is 0 Å². The fourth-order valence-corrected chi connectivity index (χ4v) is 4.01. The molecule has 0 bridgehead atoms. The summed E-state index contributed by atoms with van der Waals surface area (Å²) in [6.45, 7) is 5.05. The summed E-state index contributed by atoms with van der Waals surface area (Å²) in [5.74, 6) is 0.771. The van der Waals surface area contributed by atoms with Crippen molar-refractivity contribution < 1.29 is 9.90 Å². The Morgan fingerprint density at radius 3 is 2.70 bits per heavy atom. The van der Waals surface area contributed by atoms with E-state index in [4.69, 9.17) is 0 Å². The van der Waals surface area contributed by atoms with Gasteiger partial charge in [0.15, 0.2) is 0 Å². The van der Waals surface area contributed by atoms with E-state index in [1.54, 1.807) is 11.3 Å². The third kappa shape index (κ3) is 2.90. The molecule has 1 aromatic rings. The number of rotatable bonds is 4. The van der Waals surface area contributed by atoms with Crippen molar-refractivity contribution in [2.45, 2.75) is 12.8 Å². The smallest absolute Gasteiger partial charge is 0.254 e. The monoisotopic (exact) mass is 294 g/mol. The Hall–Kier alpha value is -0.910. The van der Waals surface area contributed by atoms with E-state index in [-0.39, 0.29) is 18.4 Å². The van der Waals surface area contributed by atoms with Gasteiger partial charge in [-0.1, -0.05) is 0 Å². The first-order chi connectivity index (χ1) is 9.78. The molecule has 2 fully saturated rings. The number of carbonyl (C=O) groups is 1. The molecule has 0 radical (unpaired) electrons. The summed E-state index contributed by atoms with van der Waals surface area (Å²) in [5.41, 5.74) is 0.786. The van der Waals surface area contributed by atoms with Crippen LogP contribution in [0.4, 0.5) is 0 Å². The Balaban J connectivity index is 1.63. The summed E-state index contributed by atoms with van der Waals surface area (Å²) in [6, 6.07) is 1.88. The van der Waals surface area contributed by atoms with Crippen molar-refractivity contribution in [1.82, 2.24) is 9.80 Å². The van der Waals surface area contributed by atoms with Gasteiger partial charge >= 0.3 is 0 Å². The Bertz CT molecular complexity index is 443. The summed E-state index contributed by atoms with van der Waals surface area (Å²) in [4.78, 5) is 16.8. The third-order valence-electron chi connectivity index (χ3n) is 4.56. The molecule has 5 heteroatoms. The quantitative estimate of drug-likeness (QED) is 0.916. The van der Waals surface area contributed by atoms with Gasteiger partial charge in [0.1, 0.15) is 0 Å². The minimum absolute atomic E-state index is 0.119. The van der Waals surface area contributed by atoms with Crippen LogP contribution in [0.5, 0.6) is 0 Å². The number of aliphatic hydroxyl groups is 1. The van der Waals surface area contributed by atoms with Crippen LogP contribution < -0.4 is 0 Å². The van der Waals surface area contributed by atoms with Crippen molar-refractivity contribution in [2.24, 2.45) is 11.8 Å². The predicted octanol–water partition coefficient (Wildman–Crippen LogP) is 1.52. The topological polar surface area (TPSA) is 43.8 Å². The molecule has 1 N–H and O–H groups in total. The highest BCUT2D eigenvalue weighted by molar-refractivity contribution is 7.08. The van der Waals surface area contributed by atoms with Gasteiger partial charge in [0.2, 0.25) is 0 Å². The molecule has 3 rings (SSSR count). The lowest BCUT2D eigenvalue weighted by molar-refractivity contribution is 0.0780. The fourth-order valence-electron chi connectivity index (χ4n) is 3.38. The van der Waals surface area contributed by atoms with Crippen LogP contribution in [0.25, 0.3) is 0 Å². The van der Waals surface area contributed by atoms with Crippen LogP contribution in [-0.4, -0.2) is 60.1 Å². The van der Waals surface area contributed by atoms with E-state index in [9.17, 15) is 9.90 Å². The lowest BCUT2D eigenvalue weighted by atomic mass is 9.96. The number of aliphatic hydroxyl groups excluding tert-OH is 1. The van der Waals surface area contributed by atoms with Crippen molar-refractivity contribution in [1.29, 1.82) is 0 Å². The molecule has 2 atom stereocenters. The van der Waals surface area contributed by atoms with Crippen molar-refractivity contribution in [3.8, 4) is 0 Å². The Morgan fingerprint density at radius 1 is 1.30 bits per heavy atom. The first-order valence-corrected chi connectivity index (χ1v) is 8.37. The molecule has 0 spiro atoms. The average molecular weight is 294 g/mol. The number of thiophene rings is 1. The van der Waals surface area contributed by atoms with Gasteiger partial charge in [-0.15, -0.1) is 0 Å². The van der Waals surface area contributed by atoms with Gasteiger partial charge in [-0.25, -0.2) is 0 Å². The third-order valence-corrected chi connectivity index (χ3v) is 5.24. The van der Waals surface area contributed by atoms with E-state index in [2.05, 4.69) is 4.90 Å². The van der Waals surface area contributed by atoms with Gasteiger partial charge in [-0.05, 0) is 43.3 Å². The second-order valence-corrected chi connectivity index (χ2v) is 6.71. The molecule has 0 aromatic carbocycles. The highest BCUT2D eigenvalue weighted by atomic mass is 32.1. The minimum Gasteiger partial charge on any atom is -0.396 e. The standard InChI is InChI=1S/C15H22N2O2S/c18-10-14-9-17(15(19)12-3-6-20-11-12)8-13(14)7-16-4-1-2-5-16/h3,6,11,13-14,18H,1-2,4-5,7-10H2/t13-,14-/m0/s1. The van der Waals surface area contributed by atoms with Gasteiger partial charge in [-0.3, -0.25) is 4.79 Å². The summed E-state index contributed by atoms with van der Waals surface area (Å²) < 4.78 is 0. The summed E-state index contributed by atoms with van der Waals surface area (Å²) >= 11 is 1.56. The van der Waals surface area contributed by atoms with E-state index >= 15 is 0 Å². The molecule has 110 valence electrons. The highest BCUT2D eigenvalue weighted by Gasteiger charge is 2.36. The van der Waals surface area contributed by atoms with Crippen LogP contribution in [0.1, 0.15) is 23.2 Å². The number of hydrogen-bond acceptors (Lipinski definition) is 4. The van der Waals surface area contributed by atoms with Gasteiger partial charge < -0.3 is 14.9 Å². The molecule has 2 aliphatic heterocycles. The Labute approximate surface area is 124 Å². The lowest BCUT2D eigenvalue weighted by Gasteiger charge is -2.22. The van der Waals surface area contributed by atoms with Crippen LogP contribution in [0.2, 0.25) is 0 Å². The first kappa shape index (κ1) is 14.0. The highest BCUT2D eigenvalue weighted by Crippen LogP contribution is 2.27. The molecule has 4 nitrogen and oxygen atoms in total. The number of carbonyl (C=O) groups excluding carboxylic acids is 1. The maximum atomic E-state index is 12.4. The molecular formula is C15H22N2O2S. The summed E-state index contributed by atoms with van der Waals surface area (Å²) in [7, 11) is 0. The fraction of sp³-hybridized carbons (Fsp3) is 0.667. The molecule has 0 aliphatic carbocycles. The molecule has 2 aliphatic rings. The zero-order valence-electron chi connectivity index (χ0n) is 11.7. The van der Waals surface area contributed by atoms with Crippen molar-refractivity contribution in [3.63, 3.8) is 0 Å². The molecule has 0 unspecified atom stereocenters. The predicted molar refractivity (Wildman–Crippen MR) is 80.0 cm³/mol. The Morgan fingerprint density at radius 2 is 2.05 bits per heavy atom. The summed E-state index contributed by atoms with van der Waals surface area (Å²) in [5, 5.41) is 13.4. The van der Waals surface area contributed by atoms with Crippen LogP contribution >= 0.6 is 11.3 Å². The maximum absolute atomic E-state index is 12.4. The largest absolute Gasteiger partial charge is 0.396 e.